The Labute approximate surface area is 160 Å². The van der Waals surface area contributed by atoms with Crippen molar-refractivity contribution in [1.29, 1.82) is 0 Å². The normalized spacial score (nSPS) is 20.3. The molecule has 26 heavy (non-hydrogen) atoms. The van der Waals surface area contributed by atoms with E-state index in [9.17, 15) is 4.79 Å². The highest BCUT2D eigenvalue weighted by atomic mass is 32.1. The van der Waals surface area contributed by atoms with E-state index in [0.29, 0.717) is 32.7 Å². The molecule has 0 aromatic carbocycles. The minimum absolute atomic E-state index is 0.0793. The molecule has 0 N–H and O–H groups in total. The molecule has 2 aliphatic heterocycles. The molecule has 0 radical (unpaired) electrons. The van der Waals surface area contributed by atoms with E-state index >= 15 is 0 Å². The number of aromatic nitrogens is 2. The molecule has 2 aromatic rings. The van der Waals surface area contributed by atoms with Crippen LogP contribution in [-0.4, -0.2) is 66.2 Å². The molecule has 0 aliphatic carbocycles. The van der Waals surface area contributed by atoms with Crippen molar-refractivity contribution in [3.8, 4) is 0 Å². The molecule has 2 aromatic heterocycles. The molecule has 0 spiro atoms. The van der Waals surface area contributed by atoms with E-state index in [1.165, 1.54) is 22.0 Å². The monoisotopic (exact) mass is 394 g/mol. The van der Waals surface area contributed by atoms with E-state index in [2.05, 4.69) is 25.7 Å². The van der Waals surface area contributed by atoms with Crippen LogP contribution in [0.15, 0.2) is 11.4 Å². The Balaban J connectivity index is 1.39. The van der Waals surface area contributed by atoms with E-state index in [1.807, 2.05) is 4.90 Å². The quantitative estimate of drug-likeness (QED) is 0.767. The minimum atomic E-state index is -0.435. The third kappa shape index (κ3) is 3.75. The molecule has 0 saturated carbocycles. The summed E-state index contributed by atoms with van der Waals surface area (Å²) in [6.45, 7) is 3.87. The fourth-order valence-electron chi connectivity index (χ4n) is 3.28. The predicted octanol–water partition coefficient (Wildman–Crippen LogP) is 1.58. The minimum Gasteiger partial charge on any atom is -0.384 e. The summed E-state index contributed by atoms with van der Waals surface area (Å²) in [5, 5.41) is 2.96. The van der Waals surface area contributed by atoms with E-state index < -0.39 is 6.10 Å². The Kier molecular flexibility index (Phi) is 5.49. The first kappa shape index (κ1) is 17.8. The summed E-state index contributed by atoms with van der Waals surface area (Å²) in [4.78, 5) is 22.9. The lowest BCUT2D eigenvalue weighted by Crippen LogP contribution is -2.52. The molecule has 4 heterocycles. The summed E-state index contributed by atoms with van der Waals surface area (Å²) < 4.78 is 15.3. The lowest BCUT2D eigenvalue weighted by molar-refractivity contribution is -0.145. The second kappa shape index (κ2) is 7.99. The molecular formula is C17H22N4O3S2. The van der Waals surface area contributed by atoms with Crippen LogP contribution in [-0.2, 0) is 33.7 Å². The first-order valence-corrected chi connectivity index (χ1v) is 10.4. The van der Waals surface area contributed by atoms with E-state index in [0.717, 1.165) is 30.5 Å². The first-order valence-electron chi connectivity index (χ1n) is 8.76. The second-order valence-corrected chi connectivity index (χ2v) is 8.15. The number of methoxy groups -OCH3 is 1. The highest BCUT2D eigenvalue weighted by molar-refractivity contribution is 7.10. The molecule has 1 saturated heterocycles. The summed E-state index contributed by atoms with van der Waals surface area (Å²) in [6.07, 6.45) is 1.21. The summed E-state index contributed by atoms with van der Waals surface area (Å²) in [5.74, 6) is 0.873. The van der Waals surface area contributed by atoms with Gasteiger partial charge < -0.3 is 19.3 Å². The number of thiophene rings is 1. The third-order valence-electron chi connectivity index (χ3n) is 4.72. The first-order chi connectivity index (χ1) is 12.7. The van der Waals surface area contributed by atoms with Crippen molar-refractivity contribution in [2.45, 2.75) is 25.5 Å². The zero-order valence-electron chi connectivity index (χ0n) is 14.7. The number of hydrogen-bond acceptors (Lipinski definition) is 8. The van der Waals surface area contributed by atoms with Crippen LogP contribution in [0.2, 0.25) is 0 Å². The highest BCUT2D eigenvalue weighted by Crippen LogP contribution is 2.26. The van der Waals surface area contributed by atoms with Crippen LogP contribution in [0.1, 0.15) is 16.3 Å². The Morgan fingerprint density at radius 3 is 3.27 bits per heavy atom. The van der Waals surface area contributed by atoms with Crippen molar-refractivity contribution < 1.29 is 14.3 Å². The number of anilines is 1. The van der Waals surface area contributed by atoms with Crippen LogP contribution in [0.25, 0.3) is 0 Å². The van der Waals surface area contributed by atoms with Gasteiger partial charge in [0, 0.05) is 49.6 Å². The highest BCUT2D eigenvalue weighted by Gasteiger charge is 2.33. The van der Waals surface area contributed by atoms with Crippen molar-refractivity contribution >= 4 is 33.9 Å². The van der Waals surface area contributed by atoms with Gasteiger partial charge in [0.1, 0.15) is 5.82 Å². The van der Waals surface area contributed by atoms with Gasteiger partial charge in [-0.25, -0.2) is 4.98 Å². The average molecular weight is 395 g/mol. The zero-order chi connectivity index (χ0) is 17.9. The SMILES string of the molecule is COCCc1nsc(N2CCOC(C(=O)N3CCc4sccc4C3)C2)n1. The van der Waals surface area contributed by atoms with Gasteiger partial charge in [0.05, 0.1) is 19.8 Å². The molecule has 140 valence electrons. The smallest absolute Gasteiger partial charge is 0.253 e. The number of fused-ring (bicyclic) bond motifs is 1. The molecule has 9 heteroatoms. The van der Waals surface area contributed by atoms with Crippen LogP contribution >= 0.6 is 22.9 Å². The fraction of sp³-hybridized carbons (Fsp3) is 0.588. The van der Waals surface area contributed by atoms with Gasteiger partial charge in [0.2, 0.25) is 5.13 Å². The standard InChI is InChI=1S/C17H22N4O3S2/c1-23-7-3-15-18-17(26-19-15)21-6-8-24-13(11-21)16(22)20-5-2-14-12(10-20)4-9-25-14/h4,9,13H,2-3,5-8,10-11H2,1H3. The van der Waals surface area contributed by atoms with Gasteiger partial charge in [0.25, 0.3) is 5.91 Å². The summed E-state index contributed by atoms with van der Waals surface area (Å²) in [6, 6.07) is 2.12. The largest absolute Gasteiger partial charge is 0.384 e. The maximum absolute atomic E-state index is 12.9. The van der Waals surface area contributed by atoms with E-state index in [-0.39, 0.29) is 5.91 Å². The topological polar surface area (TPSA) is 67.8 Å². The van der Waals surface area contributed by atoms with Crippen molar-refractivity contribution in [2.75, 3.05) is 44.9 Å². The van der Waals surface area contributed by atoms with Gasteiger partial charge in [0.15, 0.2) is 6.10 Å². The molecule has 4 rings (SSSR count). The van der Waals surface area contributed by atoms with Gasteiger partial charge in [-0.3, -0.25) is 4.79 Å². The number of morpholine rings is 1. The van der Waals surface area contributed by atoms with E-state index in [4.69, 9.17) is 9.47 Å². The van der Waals surface area contributed by atoms with Gasteiger partial charge >= 0.3 is 0 Å². The number of ether oxygens (including phenoxy) is 2. The van der Waals surface area contributed by atoms with Crippen molar-refractivity contribution in [3.63, 3.8) is 0 Å². The van der Waals surface area contributed by atoms with Gasteiger partial charge in [-0.1, -0.05) is 0 Å². The maximum atomic E-state index is 12.9. The van der Waals surface area contributed by atoms with Gasteiger partial charge in [-0.15, -0.1) is 11.3 Å². The summed E-state index contributed by atoms with van der Waals surface area (Å²) >= 11 is 3.16. The number of carbonyl (C=O) groups is 1. The number of amides is 1. The zero-order valence-corrected chi connectivity index (χ0v) is 16.4. The van der Waals surface area contributed by atoms with E-state index in [1.54, 1.807) is 18.4 Å². The molecule has 7 nitrogen and oxygen atoms in total. The summed E-state index contributed by atoms with van der Waals surface area (Å²) in [5.41, 5.74) is 1.27. The number of hydrogen-bond donors (Lipinski definition) is 0. The summed E-state index contributed by atoms with van der Waals surface area (Å²) in [7, 11) is 1.67. The van der Waals surface area contributed by atoms with Gasteiger partial charge in [-0.2, -0.15) is 4.37 Å². The third-order valence-corrected chi connectivity index (χ3v) is 6.56. The van der Waals surface area contributed by atoms with Crippen molar-refractivity contribution in [3.05, 3.63) is 27.7 Å². The Morgan fingerprint density at radius 1 is 1.46 bits per heavy atom. The molecule has 0 bridgehead atoms. The number of rotatable bonds is 5. The van der Waals surface area contributed by atoms with Crippen LogP contribution in [0.4, 0.5) is 5.13 Å². The number of nitrogens with zero attached hydrogens (tertiary/aromatic N) is 4. The maximum Gasteiger partial charge on any atom is 0.253 e. The Hall–Kier alpha value is -1.55. The Morgan fingerprint density at radius 2 is 2.38 bits per heavy atom. The molecule has 1 atom stereocenters. The molecule has 2 aliphatic rings. The lowest BCUT2D eigenvalue weighted by atomic mass is 10.1. The van der Waals surface area contributed by atoms with Crippen LogP contribution < -0.4 is 4.90 Å². The fourth-order valence-corrected chi connectivity index (χ4v) is 4.92. The van der Waals surface area contributed by atoms with Crippen molar-refractivity contribution in [1.82, 2.24) is 14.3 Å². The molecular weight excluding hydrogens is 372 g/mol. The average Bonchev–Trinajstić information content (AvgIpc) is 3.34. The van der Waals surface area contributed by atoms with Gasteiger partial charge in [-0.05, 0) is 23.4 Å². The molecule has 1 fully saturated rings. The predicted molar refractivity (Wildman–Crippen MR) is 101 cm³/mol. The van der Waals surface area contributed by atoms with Crippen LogP contribution in [0.3, 0.4) is 0 Å². The number of carbonyl (C=O) groups excluding carboxylic acids is 1. The molecule has 1 amide bonds. The van der Waals surface area contributed by atoms with Crippen LogP contribution in [0.5, 0.6) is 0 Å². The molecule has 1 unspecified atom stereocenters. The van der Waals surface area contributed by atoms with Crippen LogP contribution in [0, 0.1) is 0 Å². The van der Waals surface area contributed by atoms with Crippen molar-refractivity contribution in [2.24, 2.45) is 0 Å². The second-order valence-electron chi connectivity index (χ2n) is 6.42. The lowest BCUT2D eigenvalue weighted by Gasteiger charge is -2.35. The Bertz CT molecular complexity index is 763.